The first-order valence-electron chi connectivity index (χ1n) is 6.19. The molecule has 1 aliphatic heterocycles. The van der Waals surface area contributed by atoms with Gasteiger partial charge in [-0.1, -0.05) is 6.07 Å². The summed E-state index contributed by atoms with van der Waals surface area (Å²) >= 11 is 0. The standard InChI is InChI=1S/C13H16FN3/c1-2-17-11-7-3-5-9(14)12(11)16-13(17)10-6-4-8-15-10/h3,5,7,10,15H,2,4,6,8H2,1H3. The third-order valence-corrected chi connectivity index (χ3v) is 3.45. The van der Waals surface area contributed by atoms with E-state index < -0.39 is 0 Å². The molecule has 0 bridgehead atoms. The smallest absolute Gasteiger partial charge is 0.151 e. The SMILES string of the molecule is CCn1c(C2CCCN2)nc2c(F)cccc21. The van der Waals surface area contributed by atoms with Gasteiger partial charge in [-0.15, -0.1) is 0 Å². The van der Waals surface area contributed by atoms with Crippen molar-refractivity contribution in [3.05, 3.63) is 29.8 Å². The van der Waals surface area contributed by atoms with E-state index in [0.29, 0.717) is 5.52 Å². The van der Waals surface area contributed by atoms with Crippen molar-refractivity contribution in [2.45, 2.75) is 32.4 Å². The number of hydrogen-bond donors (Lipinski definition) is 1. The second-order valence-corrected chi connectivity index (χ2v) is 4.47. The molecule has 2 heterocycles. The predicted molar refractivity (Wildman–Crippen MR) is 65.3 cm³/mol. The van der Waals surface area contributed by atoms with Crippen LogP contribution in [-0.2, 0) is 6.54 Å². The highest BCUT2D eigenvalue weighted by atomic mass is 19.1. The van der Waals surface area contributed by atoms with E-state index in [-0.39, 0.29) is 11.9 Å². The number of aryl methyl sites for hydroxylation is 1. The number of para-hydroxylation sites is 1. The van der Waals surface area contributed by atoms with E-state index in [2.05, 4.69) is 21.8 Å². The maximum Gasteiger partial charge on any atom is 0.151 e. The van der Waals surface area contributed by atoms with E-state index in [1.807, 2.05) is 6.07 Å². The second kappa shape index (κ2) is 4.11. The van der Waals surface area contributed by atoms with Crippen LogP contribution in [-0.4, -0.2) is 16.1 Å². The maximum atomic E-state index is 13.7. The summed E-state index contributed by atoms with van der Waals surface area (Å²) in [5.74, 6) is 0.749. The minimum Gasteiger partial charge on any atom is -0.327 e. The highest BCUT2D eigenvalue weighted by molar-refractivity contribution is 5.76. The molecule has 1 atom stereocenters. The zero-order chi connectivity index (χ0) is 11.8. The molecule has 17 heavy (non-hydrogen) atoms. The molecule has 1 N–H and O–H groups in total. The molecule has 0 aliphatic carbocycles. The molecule has 1 aromatic carbocycles. The Balaban J connectivity index is 2.20. The lowest BCUT2D eigenvalue weighted by Crippen LogP contribution is -2.17. The highest BCUT2D eigenvalue weighted by Crippen LogP contribution is 2.27. The number of benzene rings is 1. The molecule has 3 rings (SSSR count). The Labute approximate surface area is 99.7 Å². The van der Waals surface area contributed by atoms with Crippen molar-refractivity contribution in [1.29, 1.82) is 0 Å². The summed E-state index contributed by atoms with van der Waals surface area (Å²) in [6.07, 6.45) is 2.25. The molecule has 0 spiro atoms. The molecule has 2 aromatic rings. The number of aromatic nitrogens is 2. The number of nitrogens with zero attached hydrogens (tertiary/aromatic N) is 2. The topological polar surface area (TPSA) is 29.9 Å². The molecule has 90 valence electrons. The number of nitrogens with one attached hydrogen (secondary N) is 1. The van der Waals surface area contributed by atoms with Crippen molar-refractivity contribution in [3.8, 4) is 0 Å². The van der Waals surface area contributed by atoms with Gasteiger partial charge in [-0.3, -0.25) is 0 Å². The molecule has 1 aliphatic rings. The molecule has 0 saturated carbocycles. The Kier molecular flexibility index (Phi) is 2.59. The van der Waals surface area contributed by atoms with E-state index in [1.54, 1.807) is 6.07 Å². The Bertz CT molecular complexity index is 541. The van der Waals surface area contributed by atoms with Gasteiger partial charge in [0.15, 0.2) is 5.82 Å². The van der Waals surface area contributed by atoms with Crippen LogP contribution in [0.5, 0.6) is 0 Å². The summed E-state index contributed by atoms with van der Waals surface area (Å²) in [6.45, 7) is 3.93. The molecule has 1 fully saturated rings. The summed E-state index contributed by atoms with van der Waals surface area (Å²) in [4.78, 5) is 4.49. The monoisotopic (exact) mass is 233 g/mol. The van der Waals surface area contributed by atoms with Gasteiger partial charge in [0.1, 0.15) is 11.3 Å². The van der Waals surface area contributed by atoms with Crippen molar-refractivity contribution in [2.75, 3.05) is 6.54 Å². The van der Waals surface area contributed by atoms with Gasteiger partial charge in [0.05, 0.1) is 11.6 Å². The van der Waals surface area contributed by atoms with Crippen LogP contribution in [0.2, 0.25) is 0 Å². The van der Waals surface area contributed by atoms with Crippen molar-refractivity contribution in [1.82, 2.24) is 14.9 Å². The molecular formula is C13H16FN3. The summed E-state index contributed by atoms with van der Waals surface area (Å²) in [5, 5.41) is 3.42. The quantitative estimate of drug-likeness (QED) is 0.864. The van der Waals surface area contributed by atoms with Gasteiger partial charge in [0.2, 0.25) is 0 Å². The van der Waals surface area contributed by atoms with E-state index >= 15 is 0 Å². The number of hydrogen-bond acceptors (Lipinski definition) is 2. The van der Waals surface area contributed by atoms with Crippen LogP contribution < -0.4 is 5.32 Å². The van der Waals surface area contributed by atoms with Crippen LogP contribution in [0.15, 0.2) is 18.2 Å². The minimum absolute atomic E-state index is 0.228. The van der Waals surface area contributed by atoms with Crippen molar-refractivity contribution >= 4 is 11.0 Å². The fraction of sp³-hybridized carbons (Fsp3) is 0.462. The molecule has 0 amide bonds. The normalized spacial score (nSPS) is 20.2. The Morgan fingerprint density at radius 2 is 2.41 bits per heavy atom. The summed E-state index contributed by atoms with van der Waals surface area (Å²) in [5.41, 5.74) is 1.40. The Morgan fingerprint density at radius 1 is 1.53 bits per heavy atom. The number of imidazole rings is 1. The molecule has 0 radical (unpaired) electrons. The third kappa shape index (κ3) is 1.63. The van der Waals surface area contributed by atoms with E-state index in [4.69, 9.17) is 0 Å². The maximum absolute atomic E-state index is 13.7. The fourth-order valence-corrected chi connectivity index (χ4v) is 2.63. The van der Waals surface area contributed by atoms with Crippen LogP contribution in [0.1, 0.15) is 31.6 Å². The predicted octanol–water partition coefficient (Wildman–Crippen LogP) is 2.62. The highest BCUT2D eigenvalue weighted by Gasteiger charge is 2.23. The first kappa shape index (κ1) is 10.7. The minimum atomic E-state index is -0.228. The summed E-state index contributed by atoms with van der Waals surface area (Å²) in [6, 6.07) is 5.44. The lowest BCUT2D eigenvalue weighted by atomic mass is 10.2. The van der Waals surface area contributed by atoms with Crippen LogP contribution in [0.25, 0.3) is 11.0 Å². The number of fused-ring (bicyclic) bond motifs is 1. The zero-order valence-electron chi connectivity index (χ0n) is 9.91. The zero-order valence-corrected chi connectivity index (χ0v) is 9.91. The van der Waals surface area contributed by atoms with Gasteiger partial charge in [-0.05, 0) is 38.4 Å². The first-order valence-corrected chi connectivity index (χ1v) is 6.19. The lowest BCUT2D eigenvalue weighted by Gasteiger charge is -2.11. The van der Waals surface area contributed by atoms with Crippen molar-refractivity contribution < 1.29 is 4.39 Å². The third-order valence-electron chi connectivity index (χ3n) is 3.45. The van der Waals surface area contributed by atoms with E-state index in [0.717, 1.165) is 30.9 Å². The summed E-state index contributed by atoms with van der Waals surface area (Å²) in [7, 11) is 0. The molecular weight excluding hydrogens is 217 g/mol. The molecule has 4 heteroatoms. The van der Waals surface area contributed by atoms with Crippen molar-refractivity contribution in [2.24, 2.45) is 0 Å². The van der Waals surface area contributed by atoms with Crippen LogP contribution >= 0.6 is 0 Å². The largest absolute Gasteiger partial charge is 0.327 e. The fourth-order valence-electron chi connectivity index (χ4n) is 2.63. The summed E-state index contributed by atoms with van der Waals surface area (Å²) < 4.78 is 15.8. The average molecular weight is 233 g/mol. The van der Waals surface area contributed by atoms with Gasteiger partial charge in [-0.25, -0.2) is 9.37 Å². The molecule has 1 unspecified atom stereocenters. The Hall–Kier alpha value is -1.42. The van der Waals surface area contributed by atoms with Gasteiger partial charge in [0, 0.05) is 6.54 Å². The van der Waals surface area contributed by atoms with Crippen molar-refractivity contribution in [3.63, 3.8) is 0 Å². The second-order valence-electron chi connectivity index (χ2n) is 4.47. The van der Waals surface area contributed by atoms with Gasteiger partial charge in [0.25, 0.3) is 0 Å². The molecule has 1 saturated heterocycles. The van der Waals surface area contributed by atoms with Crippen LogP contribution in [0.3, 0.4) is 0 Å². The van der Waals surface area contributed by atoms with E-state index in [9.17, 15) is 4.39 Å². The van der Waals surface area contributed by atoms with Gasteiger partial charge >= 0.3 is 0 Å². The van der Waals surface area contributed by atoms with Gasteiger partial charge in [-0.2, -0.15) is 0 Å². The number of halogens is 1. The van der Waals surface area contributed by atoms with E-state index in [1.165, 1.54) is 12.5 Å². The Morgan fingerprint density at radius 3 is 3.12 bits per heavy atom. The molecule has 3 nitrogen and oxygen atoms in total. The lowest BCUT2D eigenvalue weighted by molar-refractivity contribution is 0.564. The number of rotatable bonds is 2. The average Bonchev–Trinajstić information content (AvgIpc) is 2.95. The molecule has 1 aromatic heterocycles. The first-order chi connectivity index (χ1) is 8.31. The van der Waals surface area contributed by atoms with Gasteiger partial charge < -0.3 is 9.88 Å². The van der Waals surface area contributed by atoms with Crippen LogP contribution in [0, 0.1) is 5.82 Å². The van der Waals surface area contributed by atoms with Crippen LogP contribution in [0.4, 0.5) is 4.39 Å².